The Kier molecular flexibility index (Phi) is 5.13. The molecule has 1 atom stereocenters. The van der Waals surface area contributed by atoms with Crippen LogP contribution in [0, 0.1) is 0 Å². The van der Waals surface area contributed by atoms with Gasteiger partial charge in [0.15, 0.2) is 0 Å². The lowest BCUT2D eigenvalue weighted by atomic mass is 9.96. The molecule has 0 aliphatic heterocycles. The highest BCUT2D eigenvalue weighted by atomic mass is 16.4. The minimum atomic E-state index is -0.988. The van der Waals surface area contributed by atoms with E-state index in [1.165, 1.54) is 0 Å². The fraction of sp³-hybridized carbons (Fsp3) is 0.417. The molecule has 1 unspecified atom stereocenters. The van der Waals surface area contributed by atoms with Gasteiger partial charge in [-0.15, -0.1) is 0 Å². The van der Waals surface area contributed by atoms with Crippen LogP contribution in [0.1, 0.15) is 31.2 Å². The highest BCUT2D eigenvalue weighted by Crippen LogP contribution is 2.19. The fourth-order valence-corrected chi connectivity index (χ4v) is 1.50. The summed E-state index contributed by atoms with van der Waals surface area (Å²) in [5.41, 5.74) is 0.677. The number of hydrogen-bond acceptors (Lipinski definition) is 3. The first-order chi connectivity index (χ1) is 8.15. The molecule has 1 amide bonds. The first-order valence-electron chi connectivity index (χ1n) is 5.54. The summed E-state index contributed by atoms with van der Waals surface area (Å²) in [7, 11) is 0. The molecular formula is C12H16N2O3. The number of amides is 1. The van der Waals surface area contributed by atoms with E-state index in [9.17, 15) is 9.59 Å². The molecule has 92 valence electrons. The number of rotatable bonds is 6. The van der Waals surface area contributed by atoms with Crippen molar-refractivity contribution < 1.29 is 14.7 Å². The molecule has 1 rings (SSSR count). The molecule has 0 fully saturated rings. The number of carbonyl (C=O) groups excluding carboxylic acids is 1. The van der Waals surface area contributed by atoms with Gasteiger partial charge in [-0.05, 0) is 24.1 Å². The third-order valence-corrected chi connectivity index (χ3v) is 2.35. The largest absolute Gasteiger partial charge is 0.481 e. The van der Waals surface area contributed by atoms with Crippen molar-refractivity contribution in [2.45, 2.75) is 25.7 Å². The maximum absolute atomic E-state index is 11.8. The lowest BCUT2D eigenvalue weighted by Gasteiger charge is -2.14. The van der Waals surface area contributed by atoms with Crippen LogP contribution >= 0.6 is 0 Å². The van der Waals surface area contributed by atoms with Crippen molar-refractivity contribution in [3.05, 3.63) is 30.1 Å². The van der Waals surface area contributed by atoms with E-state index in [1.54, 1.807) is 24.5 Å². The summed E-state index contributed by atoms with van der Waals surface area (Å²) in [6.45, 7) is 2.50. The van der Waals surface area contributed by atoms with Gasteiger partial charge < -0.3 is 10.4 Å². The van der Waals surface area contributed by atoms with E-state index in [0.29, 0.717) is 12.1 Å². The Morgan fingerprint density at radius 3 is 2.59 bits per heavy atom. The number of carbonyl (C=O) groups is 2. The second-order valence-corrected chi connectivity index (χ2v) is 3.72. The van der Waals surface area contributed by atoms with Crippen LogP contribution in [0.2, 0.25) is 0 Å². The zero-order valence-electron chi connectivity index (χ0n) is 9.72. The Labute approximate surface area is 99.9 Å². The van der Waals surface area contributed by atoms with E-state index in [4.69, 9.17) is 5.11 Å². The van der Waals surface area contributed by atoms with Gasteiger partial charge in [0.25, 0.3) is 0 Å². The smallest absolute Gasteiger partial charge is 0.304 e. The second kappa shape index (κ2) is 6.62. The number of aliphatic carboxylic acids is 1. The highest BCUT2D eigenvalue weighted by molar-refractivity contribution is 5.87. The summed E-state index contributed by atoms with van der Waals surface area (Å²) in [6.07, 6.45) is 3.72. The summed E-state index contributed by atoms with van der Waals surface area (Å²) in [4.78, 5) is 26.5. The van der Waals surface area contributed by atoms with Gasteiger partial charge in [0.05, 0.1) is 12.3 Å². The molecular weight excluding hydrogens is 220 g/mol. The molecule has 5 heteroatoms. The Hall–Kier alpha value is -1.91. The number of carboxylic acid groups (broad SMARTS) is 1. The summed E-state index contributed by atoms with van der Waals surface area (Å²) in [5.74, 6) is -1.89. The Morgan fingerprint density at radius 2 is 2.06 bits per heavy atom. The number of pyridine rings is 1. The van der Waals surface area contributed by atoms with E-state index < -0.39 is 11.9 Å². The molecule has 0 spiro atoms. The van der Waals surface area contributed by atoms with Crippen molar-refractivity contribution in [2.75, 3.05) is 6.54 Å². The minimum Gasteiger partial charge on any atom is -0.481 e. The molecule has 0 saturated heterocycles. The van der Waals surface area contributed by atoms with Crippen molar-refractivity contribution >= 4 is 11.9 Å². The Morgan fingerprint density at radius 1 is 1.41 bits per heavy atom. The number of carboxylic acids is 1. The van der Waals surface area contributed by atoms with Crippen LogP contribution in [0.5, 0.6) is 0 Å². The van der Waals surface area contributed by atoms with Gasteiger partial charge in [-0.1, -0.05) is 6.92 Å². The van der Waals surface area contributed by atoms with Crippen molar-refractivity contribution in [2.24, 2.45) is 0 Å². The number of nitrogens with one attached hydrogen (secondary N) is 1. The molecule has 17 heavy (non-hydrogen) atoms. The number of aromatic nitrogens is 1. The Bertz CT molecular complexity index is 379. The van der Waals surface area contributed by atoms with Crippen LogP contribution in [0.25, 0.3) is 0 Å². The lowest BCUT2D eigenvalue weighted by molar-refractivity contribution is -0.139. The molecule has 0 aliphatic carbocycles. The maximum Gasteiger partial charge on any atom is 0.304 e. The molecule has 5 nitrogen and oxygen atoms in total. The van der Waals surface area contributed by atoms with Crippen LogP contribution in [0.3, 0.4) is 0 Å². The second-order valence-electron chi connectivity index (χ2n) is 3.72. The maximum atomic E-state index is 11.8. The standard InChI is InChI=1S/C12H16N2O3/c1-2-5-14-12(17)10(8-11(15)16)9-3-6-13-7-4-9/h3-4,6-7,10H,2,5,8H2,1H3,(H,14,17)(H,15,16). The molecule has 1 aromatic heterocycles. The van der Waals surface area contributed by atoms with E-state index >= 15 is 0 Å². The molecule has 1 aromatic rings. The van der Waals surface area contributed by atoms with Crippen molar-refractivity contribution in [1.29, 1.82) is 0 Å². The van der Waals surface area contributed by atoms with Gasteiger partial charge in [-0.25, -0.2) is 0 Å². The molecule has 0 saturated carbocycles. The lowest BCUT2D eigenvalue weighted by Crippen LogP contribution is -2.31. The van der Waals surface area contributed by atoms with Gasteiger partial charge in [0.2, 0.25) is 5.91 Å². The van der Waals surface area contributed by atoms with Crippen LogP contribution in [0.15, 0.2) is 24.5 Å². The van der Waals surface area contributed by atoms with Crippen molar-refractivity contribution in [3.8, 4) is 0 Å². The quantitative estimate of drug-likeness (QED) is 0.777. The third-order valence-electron chi connectivity index (χ3n) is 2.35. The third kappa shape index (κ3) is 4.22. The van der Waals surface area contributed by atoms with Gasteiger partial charge in [0.1, 0.15) is 0 Å². The molecule has 0 aromatic carbocycles. The average Bonchev–Trinajstić information content (AvgIpc) is 2.34. The van der Waals surface area contributed by atoms with E-state index in [0.717, 1.165) is 6.42 Å². The zero-order chi connectivity index (χ0) is 12.7. The normalized spacial score (nSPS) is 11.8. The molecule has 2 N–H and O–H groups in total. The molecule has 1 heterocycles. The van der Waals surface area contributed by atoms with Crippen LogP contribution in [-0.4, -0.2) is 28.5 Å². The van der Waals surface area contributed by atoms with E-state index in [2.05, 4.69) is 10.3 Å². The van der Waals surface area contributed by atoms with Crippen molar-refractivity contribution in [1.82, 2.24) is 10.3 Å². The van der Waals surface area contributed by atoms with Gasteiger partial charge in [0, 0.05) is 18.9 Å². The van der Waals surface area contributed by atoms with Gasteiger partial charge >= 0.3 is 5.97 Å². The summed E-state index contributed by atoms with van der Waals surface area (Å²) < 4.78 is 0. The first kappa shape index (κ1) is 13.2. The van der Waals surface area contributed by atoms with Gasteiger partial charge in [-0.3, -0.25) is 14.6 Å². The zero-order valence-corrected chi connectivity index (χ0v) is 9.72. The SMILES string of the molecule is CCCNC(=O)C(CC(=O)O)c1ccncc1. The summed E-state index contributed by atoms with van der Waals surface area (Å²) >= 11 is 0. The highest BCUT2D eigenvalue weighted by Gasteiger charge is 2.22. The van der Waals surface area contributed by atoms with E-state index in [1.807, 2.05) is 6.92 Å². The average molecular weight is 236 g/mol. The summed E-state index contributed by atoms with van der Waals surface area (Å²) in [6, 6.07) is 3.33. The molecule has 0 bridgehead atoms. The summed E-state index contributed by atoms with van der Waals surface area (Å²) in [5, 5.41) is 11.5. The van der Waals surface area contributed by atoms with Crippen LogP contribution < -0.4 is 5.32 Å². The van der Waals surface area contributed by atoms with Crippen molar-refractivity contribution in [3.63, 3.8) is 0 Å². The Balaban J connectivity index is 2.80. The number of hydrogen-bond donors (Lipinski definition) is 2. The van der Waals surface area contributed by atoms with E-state index in [-0.39, 0.29) is 12.3 Å². The monoisotopic (exact) mass is 236 g/mol. The minimum absolute atomic E-state index is 0.209. The predicted octanol–water partition coefficient (Wildman–Crippen LogP) is 1.17. The molecule has 0 radical (unpaired) electrons. The first-order valence-corrected chi connectivity index (χ1v) is 5.54. The fourth-order valence-electron chi connectivity index (χ4n) is 1.50. The van der Waals surface area contributed by atoms with Crippen LogP contribution in [-0.2, 0) is 9.59 Å². The predicted molar refractivity (Wildman–Crippen MR) is 62.5 cm³/mol. The van der Waals surface area contributed by atoms with Gasteiger partial charge in [-0.2, -0.15) is 0 Å². The number of nitrogens with zero attached hydrogens (tertiary/aromatic N) is 1. The van der Waals surface area contributed by atoms with Crippen LogP contribution in [0.4, 0.5) is 0 Å². The topological polar surface area (TPSA) is 79.3 Å². The molecule has 0 aliphatic rings.